The highest BCUT2D eigenvalue weighted by atomic mass is 32.1. The molecular weight excluding hydrogens is 554 g/mol. The van der Waals surface area contributed by atoms with E-state index in [0.717, 1.165) is 66.8 Å². The van der Waals surface area contributed by atoms with Crippen molar-refractivity contribution in [1.82, 2.24) is 20.2 Å². The Labute approximate surface area is 260 Å². The van der Waals surface area contributed by atoms with E-state index in [0.29, 0.717) is 17.8 Å². The molecule has 3 heterocycles. The molecule has 1 unspecified atom stereocenters. The molecule has 1 saturated heterocycles. The third-order valence-electron chi connectivity index (χ3n) is 11.6. The summed E-state index contributed by atoms with van der Waals surface area (Å²) in [5, 5.41) is 12.3. The summed E-state index contributed by atoms with van der Waals surface area (Å²) in [5.74, 6) is 2.37. The van der Waals surface area contributed by atoms with Crippen molar-refractivity contribution in [1.29, 1.82) is 0 Å². The summed E-state index contributed by atoms with van der Waals surface area (Å²) < 4.78 is 1.03. The molecule has 8 nitrogen and oxygen atoms in total. The zero-order valence-corrected chi connectivity index (χ0v) is 27.0. The molecule has 230 valence electrons. The molecule has 4 aliphatic carbocycles. The number of nitrogens with zero attached hydrogens (tertiary/aromatic N) is 4. The average molecular weight is 602 g/mol. The van der Waals surface area contributed by atoms with Crippen LogP contribution in [-0.4, -0.2) is 65.6 Å². The third-order valence-corrected chi connectivity index (χ3v) is 12.5. The minimum atomic E-state index is -0.399. The Balaban J connectivity index is 1.07. The van der Waals surface area contributed by atoms with Gasteiger partial charge in [0.15, 0.2) is 0 Å². The molecule has 3 aromatic rings. The number of anilines is 4. The summed E-state index contributed by atoms with van der Waals surface area (Å²) in [6, 6.07) is 11.6. The summed E-state index contributed by atoms with van der Waals surface area (Å²) >= 11 is 1.65. The number of benzene rings is 1. The molecule has 4 atom stereocenters. The van der Waals surface area contributed by atoms with E-state index in [-0.39, 0.29) is 17.2 Å². The lowest BCUT2D eigenvalue weighted by Crippen LogP contribution is -2.69. The van der Waals surface area contributed by atoms with Crippen molar-refractivity contribution in [3.05, 3.63) is 35.7 Å². The van der Waals surface area contributed by atoms with Gasteiger partial charge in [0.05, 0.1) is 21.7 Å². The quantitative estimate of drug-likeness (QED) is 0.286. The highest BCUT2D eigenvalue weighted by Crippen LogP contribution is 2.65. The molecule has 2 bridgehead atoms. The van der Waals surface area contributed by atoms with Crippen LogP contribution < -0.4 is 20.9 Å². The van der Waals surface area contributed by atoms with Crippen LogP contribution in [0.3, 0.4) is 0 Å². The van der Waals surface area contributed by atoms with E-state index < -0.39 is 5.54 Å². The lowest BCUT2D eigenvalue weighted by molar-refractivity contribution is -0.155. The minimum Gasteiger partial charge on any atom is -0.369 e. The zero-order valence-electron chi connectivity index (χ0n) is 26.2. The van der Waals surface area contributed by atoms with E-state index >= 15 is 0 Å². The number of carbonyl (C=O) groups is 1. The number of amides is 1. The SMILES string of the molecule is CNC(=O)[C@H]1CC2C[C@@H](C2(C)C)[C@@]1(C)Nc1nc(Nc2ccc(N3CCN(C4CCCCC4)CC3)cc2)nc2ccsc12. The average Bonchev–Trinajstić information content (AvgIpc) is 3.50. The van der Waals surface area contributed by atoms with Gasteiger partial charge in [-0.2, -0.15) is 4.98 Å². The first kappa shape index (κ1) is 28.8. The van der Waals surface area contributed by atoms with Gasteiger partial charge < -0.3 is 20.9 Å². The van der Waals surface area contributed by atoms with Gasteiger partial charge in [-0.05, 0) is 85.6 Å². The molecule has 1 aromatic carbocycles. The topological polar surface area (TPSA) is 85.4 Å². The van der Waals surface area contributed by atoms with Crippen molar-refractivity contribution >= 4 is 50.6 Å². The summed E-state index contributed by atoms with van der Waals surface area (Å²) in [6.45, 7) is 11.5. The number of nitrogens with one attached hydrogen (secondary N) is 3. The lowest BCUT2D eigenvalue weighted by Gasteiger charge is -2.66. The van der Waals surface area contributed by atoms with E-state index in [4.69, 9.17) is 9.97 Å². The molecule has 8 rings (SSSR count). The van der Waals surface area contributed by atoms with E-state index in [1.54, 1.807) is 18.4 Å². The summed E-state index contributed by atoms with van der Waals surface area (Å²) in [7, 11) is 1.75. The number of carbonyl (C=O) groups excluding carboxylic acids is 1. The molecule has 1 aliphatic heterocycles. The number of piperazine rings is 1. The van der Waals surface area contributed by atoms with Gasteiger partial charge in [-0.15, -0.1) is 11.3 Å². The van der Waals surface area contributed by atoms with Crippen LogP contribution in [0.15, 0.2) is 35.7 Å². The molecule has 1 amide bonds. The standard InChI is InChI=1S/C34H47N7OS/c1-33(2)22-20-26(31(42)35-4)34(3,28(33)21-22)39-30-29-27(14-19-43-29)37-32(38-30)36-23-10-12-25(13-11-23)41-17-15-40(16-18-41)24-8-6-5-7-9-24/h10-14,19,22,24,26,28H,5-9,15-18,20-21H2,1-4H3,(H,35,42)(H2,36,37,38,39)/t22?,26-,28+,34+/m1/s1. The smallest absolute Gasteiger partial charge is 0.229 e. The summed E-state index contributed by atoms with van der Waals surface area (Å²) in [4.78, 5) is 28.2. The van der Waals surface area contributed by atoms with Crippen LogP contribution in [0.5, 0.6) is 0 Å². The maximum absolute atomic E-state index is 13.1. The zero-order chi connectivity index (χ0) is 29.8. The normalized spacial score (nSPS) is 29.2. The van der Waals surface area contributed by atoms with Crippen molar-refractivity contribution in [2.75, 3.05) is 48.8 Å². The largest absolute Gasteiger partial charge is 0.369 e. The van der Waals surface area contributed by atoms with Crippen LogP contribution in [0.2, 0.25) is 0 Å². The van der Waals surface area contributed by atoms with Gasteiger partial charge in [0.2, 0.25) is 11.9 Å². The van der Waals surface area contributed by atoms with Crippen LogP contribution in [0.1, 0.15) is 65.7 Å². The Morgan fingerprint density at radius 3 is 2.40 bits per heavy atom. The van der Waals surface area contributed by atoms with Crippen LogP contribution in [0.25, 0.3) is 10.2 Å². The first-order valence-corrected chi connectivity index (χ1v) is 17.3. The second kappa shape index (κ2) is 11.2. The van der Waals surface area contributed by atoms with Gasteiger partial charge in [-0.3, -0.25) is 9.69 Å². The number of fused-ring (bicyclic) bond motifs is 3. The third kappa shape index (κ3) is 5.16. The molecule has 5 fully saturated rings. The molecule has 3 N–H and O–H groups in total. The number of hydrogen-bond acceptors (Lipinski definition) is 8. The molecule has 2 aromatic heterocycles. The van der Waals surface area contributed by atoms with Gasteiger partial charge in [-0.25, -0.2) is 4.98 Å². The van der Waals surface area contributed by atoms with Crippen molar-refractivity contribution in [3.8, 4) is 0 Å². The lowest BCUT2D eigenvalue weighted by atomic mass is 9.40. The molecular formula is C34H47N7OS. The van der Waals surface area contributed by atoms with Crippen LogP contribution in [0, 0.1) is 23.2 Å². The number of aromatic nitrogens is 2. The van der Waals surface area contributed by atoms with Gasteiger partial charge in [-0.1, -0.05) is 33.1 Å². The van der Waals surface area contributed by atoms with E-state index in [1.165, 1.54) is 37.8 Å². The monoisotopic (exact) mass is 601 g/mol. The van der Waals surface area contributed by atoms with Gasteiger partial charge in [0.25, 0.3) is 0 Å². The Morgan fingerprint density at radius 1 is 0.953 bits per heavy atom. The first-order chi connectivity index (χ1) is 20.8. The Hall–Kier alpha value is -2.91. The second-order valence-electron chi connectivity index (χ2n) is 14.1. The van der Waals surface area contributed by atoms with Crippen molar-refractivity contribution in [3.63, 3.8) is 0 Å². The fourth-order valence-electron chi connectivity index (χ4n) is 8.87. The molecule has 43 heavy (non-hydrogen) atoms. The van der Waals surface area contributed by atoms with E-state index in [1.807, 2.05) is 0 Å². The van der Waals surface area contributed by atoms with Crippen LogP contribution in [-0.2, 0) is 4.79 Å². The summed E-state index contributed by atoms with van der Waals surface area (Å²) in [5.41, 5.74) is 2.96. The minimum absolute atomic E-state index is 0.104. The molecule has 0 spiro atoms. The number of rotatable bonds is 7. The second-order valence-corrected chi connectivity index (χ2v) is 15.1. The Bertz CT molecular complexity index is 1460. The Kier molecular flexibility index (Phi) is 7.53. The maximum Gasteiger partial charge on any atom is 0.229 e. The van der Waals surface area contributed by atoms with Crippen molar-refractivity contribution in [2.24, 2.45) is 23.2 Å². The summed E-state index contributed by atoms with van der Waals surface area (Å²) in [6.07, 6.45) is 9.02. The predicted octanol–water partition coefficient (Wildman–Crippen LogP) is 6.49. The molecule has 0 radical (unpaired) electrons. The number of thiophene rings is 1. The first-order valence-electron chi connectivity index (χ1n) is 16.4. The van der Waals surface area contributed by atoms with Crippen molar-refractivity contribution < 1.29 is 4.79 Å². The fraction of sp³-hybridized carbons (Fsp3) is 0.618. The van der Waals surface area contributed by atoms with Gasteiger partial charge in [0.1, 0.15) is 5.82 Å². The fourth-order valence-corrected chi connectivity index (χ4v) is 9.64. The van der Waals surface area contributed by atoms with Gasteiger partial charge in [0, 0.05) is 50.6 Å². The predicted molar refractivity (Wildman–Crippen MR) is 177 cm³/mol. The molecule has 9 heteroatoms. The Morgan fingerprint density at radius 2 is 1.70 bits per heavy atom. The van der Waals surface area contributed by atoms with E-state index in [9.17, 15) is 4.79 Å². The van der Waals surface area contributed by atoms with Crippen LogP contribution in [0.4, 0.5) is 23.1 Å². The van der Waals surface area contributed by atoms with E-state index in [2.05, 4.69) is 82.2 Å². The van der Waals surface area contributed by atoms with Crippen LogP contribution >= 0.6 is 11.3 Å². The highest BCUT2D eigenvalue weighted by molar-refractivity contribution is 7.17. The van der Waals surface area contributed by atoms with Gasteiger partial charge >= 0.3 is 0 Å². The number of hydrogen-bond donors (Lipinski definition) is 3. The molecule has 5 aliphatic rings. The molecule has 4 saturated carbocycles. The van der Waals surface area contributed by atoms with Crippen molar-refractivity contribution in [2.45, 2.75) is 77.3 Å². The maximum atomic E-state index is 13.1. The highest BCUT2D eigenvalue weighted by Gasteiger charge is 2.64.